The van der Waals surface area contributed by atoms with Gasteiger partial charge in [-0.1, -0.05) is 12.1 Å². The fourth-order valence-corrected chi connectivity index (χ4v) is 2.09. The van der Waals surface area contributed by atoms with E-state index >= 15 is 0 Å². The minimum absolute atomic E-state index is 0.341. The number of amides is 3. The van der Waals surface area contributed by atoms with Gasteiger partial charge in [0, 0.05) is 5.70 Å². The zero-order chi connectivity index (χ0) is 14.0. The first-order valence-corrected chi connectivity index (χ1v) is 5.75. The second-order valence-electron chi connectivity index (χ2n) is 4.21. The molecule has 2 rings (SSSR count). The summed E-state index contributed by atoms with van der Waals surface area (Å²) in [7, 11) is 1.55. The molecule has 1 aliphatic heterocycles. The van der Waals surface area contributed by atoms with Crippen molar-refractivity contribution in [1.29, 1.82) is 0 Å². The Morgan fingerprint density at radius 1 is 1.42 bits per heavy atom. The van der Waals surface area contributed by atoms with Gasteiger partial charge in [0.15, 0.2) is 0 Å². The van der Waals surface area contributed by atoms with Crippen molar-refractivity contribution in [3.8, 4) is 5.75 Å². The molecule has 0 spiro atoms. The van der Waals surface area contributed by atoms with Gasteiger partial charge in [0.05, 0.1) is 18.7 Å². The molecule has 0 bridgehead atoms. The van der Waals surface area contributed by atoms with E-state index in [0.717, 1.165) is 5.56 Å². The maximum Gasteiger partial charge on any atom is 0.319 e. The maximum atomic E-state index is 11.6. The SMILES string of the molecule is COc1cccc(C2NC(=O)NC(C)=C2C(N)=O)c1. The van der Waals surface area contributed by atoms with E-state index in [2.05, 4.69) is 10.6 Å². The van der Waals surface area contributed by atoms with E-state index in [4.69, 9.17) is 10.5 Å². The number of benzene rings is 1. The number of rotatable bonds is 3. The van der Waals surface area contributed by atoms with Gasteiger partial charge in [0.1, 0.15) is 5.75 Å². The van der Waals surface area contributed by atoms with E-state index in [9.17, 15) is 9.59 Å². The van der Waals surface area contributed by atoms with Gasteiger partial charge in [0.2, 0.25) is 5.91 Å². The summed E-state index contributed by atoms with van der Waals surface area (Å²) in [6.45, 7) is 1.64. The number of nitrogens with one attached hydrogen (secondary N) is 2. The fourth-order valence-electron chi connectivity index (χ4n) is 2.09. The number of ether oxygens (including phenoxy) is 1. The minimum Gasteiger partial charge on any atom is -0.497 e. The molecule has 100 valence electrons. The highest BCUT2D eigenvalue weighted by atomic mass is 16.5. The van der Waals surface area contributed by atoms with Gasteiger partial charge < -0.3 is 21.1 Å². The molecule has 0 saturated carbocycles. The van der Waals surface area contributed by atoms with Crippen molar-refractivity contribution in [1.82, 2.24) is 10.6 Å². The van der Waals surface area contributed by atoms with Crippen LogP contribution in [0, 0.1) is 0 Å². The second-order valence-corrected chi connectivity index (χ2v) is 4.21. The van der Waals surface area contributed by atoms with Gasteiger partial charge in [-0.05, 0) is 24.6 Å². The lowest BCUT2D eigenvalue weighted by atomic mass is 9.95. The molecular weight excluding hydrogens is 246 g/mol. The molecule has 6 nitrogen and oxygen atoms in total. The molecule has 1 aromatic carbocycles. The number of carbonyl (C=O) groups excluding carboxylic acids is 2. The first kappa shape index (κ1) is 12.9. The van der Waals surface area contributed by atoms with Crippen molar-refractivity contribution >= 4 is 11.9 Å². The van der Waals surface area contributed by atoms with Crippen LogP contribution in [-0.2, 0) is 4.79 Å². The minimum atomic E-state index is -0.571. The monoisotopic (exact) mass is 261 g/mol. The Balaban J connectivity index is 2.48. The summed E-state index contributed by atoms with van der Waals surface area (Å²) in [4.78, 5) is 23.1. The Morgan fingerprint density at radius 2 is 2.16 bits per heavy atom. The van der Waals surface area contributed by atoms with E-state index in [1.54, 1.807) is 38.3 Å². The van der Waals surface area contributed by atoms with Gasteiger partial charge >= 0.3 is 6.03 Å². The topological polar surface area (TPSA) is 93.4 Å². The van der Waals surface area contributed by atoms with Crippen LogP contribution in [0.5, 0.6) is 5.75 Å². The van der Waals surface area contributed by atoms with Crippen molar-refractivity contribution in [3.63, 3.8) is 0 Å². The molecule has 0 saturated heterocycles. The highest BCUT2D eigenvalue weighted by molar-refractivity contribution is 5.97. The molecule has 1 aliphatic rings. The lowest BCUT2D eigenvalue weighted by Crippen LogP contribution is -2.46. The normalized spacial score (nSPS) is 18.6. The van der Waals surface area contributed by atoms with Crippen LogP contribution in [0.4, 0.5) is 4.79 Å². The van der Waals surface area contributed by atoms with Crippen molar-refractivity contribution in [3.05, 3.63) is 41.1 Å². The zero-order valence-corrected chi connectivity index (χ0v) is 10.7. The molecule has 3 amide bonds. The summed E-state index contributed by atoms with van der Waals surface area (Å²) >= 11 is 0. The lowest BCUT2D eigenvalue weighted by molar-refractivity contribution is -0.115. The quantitative estimate of drug-likeness (QED) is 0.751. The summed E-state index contributed by atoms with van der Waals surface area (Å²) in [6, 6.07) is 6.20. The van der Waals surface area contributed by atoms with Crippen LogP contribution in [0.25, 0.3) is 0 Å². The average Bonchev–Trinajstić information content (AvgIpc) is 2.37. The van der Waals surface area contributed by atoms with Crippen LogP contribution in [-0.4, -0.2) is 19.0 Å². The molecule has 1 aromatic rings. The van der Waals surface area contributed by atoms with E-state index < -0.39 is 11.9 Å². The number of allylic oxidation sites excluding steroid dienone is 1. The lowest BCUT2D eigenvalue weighted by Gasteiger charge is -2.27. The highest BCUT2D eigenvalue weighted by Gasteiger charge is 2.29. The predicted octanol–water partition coefficient (Wildman–Crippen LogP) is 0.808. The van der Waals surface area contributed by atoms with Crippen LogP contribution >= 0.6 is 0 Å². The molecule has 1 atom stereocenters. The molecule has 0 fully saturated rings. The van der Waals surface area contributed by atoms with E-state index in [1.807, 2.05) is 0 Å². The number of hydrogen-bond acceptors (Lipinski definition) is 3. The van der Waals surface area contributed by atoms with Crippen molar-refractivity contribution in [2.24, 2.45) is 5.73 Å². The molecule has 19 heavy (non-hydrogen) atoms. The van der Waals surface area contributed by atoms with Crippen LogP contribution in [0.15, 0.2) is 35.5 Å². The van der Waals surface area contributed by atoms with Crippen molar-refractivity contribution in [2.75, 3.05) is 7.11 Å². The Morgan fingerprint density at radius 3 is 2.79 bits per heavy atom. The van der Waals surface area contributed by atoms with Crippen LogP contribution in [0.1, 0.15) is 18.5 Å². The largest absolute Gasteiger partial charge is 0.497 e. The van der Waals surface area contributed by atoms with Gasteiger partial charge in [-0.3, -0.25) is 4.79 Å². The summed E-state index contributed by atoms with van der Waals surface area (Å²) in [6.07, 6.45) is 0. The standard InChI is InChI=1S/C13H15N3O3/c1-7-10(12(14)17)11(16-13(18)15-7)8-4-3-5-9(6-8)19-2/h3-6,11H,1-2H3,(H2,14,17)(H2,15,16,18). The van der Waals surface area contributed by atoms with E-state index in [1.165, 1.54) is 0 Å². The molecule has 0 aromatic heterocycles. The van der Waals surface area contributed by atoms with Crippen molar-refractivity contribution < 1.29 is 14.3 Å². The number of carbonyl (C=O) groups is 2. The van der Waals surface area contributed by atoms with E-state index in [0.29, 0.717) is 17.0 Å². The number of urea groups is 1. The fraction of sp³-hybridized carbons (Fsp3) is 0.231. The Hall–Kier alpha value is -2.50. The third kappa shape index (κ3) is 2.52. The number of nitrogens with two attached hydrogens (primary N) is 1. The summed E-state index contributed by atoms with van der Waals surface area (Å²) < 4.78 is 5.13. The van der Waals surface area contributed by atoms with Crippen LogP contribution < -0.4 is 21.1 Å². The van der Waals surface area contributed by atoms with Gasteiger partial charge in [-0.25, -0.2) is 4.79 Å². The predicted molar refractivity (Wildman–Crippen MR) is 69.3 cm³/mol. The molecule has 1 unspecified atom stereocenters. The Labute approximate surface area is 110 Å². The first-order valence-electron chi connectivity index (χ1n) is 5.75. The third-order valence-corrected chi connectivity index (χ3v) is 2.96. The molecule has 1 heterocycles. The van der Waals surface area contributed by atoms with Gasteiger partial charge in [0.25, 0.3) is 0 Å². The highest BCUT2D eigenvalue weighted by Crippen LogP contribution is 2.28. The number of methoxy groups -OCH3 is 1. The van der Waals surface area contributed by atoms with Crippen LogP contribution in [0.2, 0.25) is 0 Å². The third-order valence-electron chi connectivity index (χ3n) is 2.96. The Bertz CT molecular complexity index is 566. The maximum absolute atomic E-state index is 11.6. The van der Waals surface area contributed by atoms with Gasteiger partial charge in [-0.2, -0.15) is 0 Å². The molecule has 0 radical (unpaired) electrons. The van der Waals surface area contributed by atoms with E-state index in [-0.39, 0.29) is 6.03 Å². The molecular formula is C13H15N3O3. The Kier molecular flexibility index (Phi) is 3.41. The summed E-state index contributed by atoms with van der Waals surface area (Å²) in [5.74, 6) is 0.0737. The van der Waals surface area contributed by atoms with Crippen LogP contribution in [0.3, 0.4) is 0 Å². The smallest absolute Gasteiger partial charge is 0.319 e. The second kappa shape index (κ2) is 5.01. The number of primary amides is 1. The van der Waals surface area contributed by atoms with Crippen molar-refractivity contribution in [2.45, 2.75) is 13.0 Å². The average molecular weight is 261 g/mol. The zero-order valence-electron chi connectivity index (χ0n) is 10.7. The molecule has 4 N–H and O–H groups in total. The summed E-state index contributed by atoms with van der Waals surface area (Å²) in [5.41, 5.74) is 6.92. The summed E-state index contributed by atoms with van der Waals surface area (Å²) in [5, 5.41) is 5.22. The number of hydrogen-bond donors (Lipinski definition) is 3. The molecule has 0 aliphatic carbocycles. The first-order chi connectivity index (χ1) is 9.02. The molecule has 6 heteroatoms. The van der Waals surface area contributed by atoms with Gasteiger partial charge in [-0.15, -0.1) is 0 Å².